The number of ether oxygens (including phenoxy) is 1. The summed E-state index contributed by atoms with van der Waals surface area (Å²) in [5.74, 6) is 1.75. The van der Waals surface area contributed by atoms with Gasteiger partial charge in [-0.3, -0.25) is 0 Å². The van der Waals surface area contributed by atoms with Gasteiger partial charge in [0.2, 0.25) is 0 Å². The number of imidazole rings is 1. The minimum absolute atomic E-state index is 0.193. The Morgan fingerprint density at radius 3 is 2.81 bits per heavy atom. The smallest absolute Gasteiger partial charge is 0.172 e. The standard InChI is InChI=1S/C25H26N4O2/c1-18-15-28(17-26-18)22-11-10-19(14-24(22)30-2)13-21-9-6-12-29-23(16-31-27-25(21)29)20-7-4-3-5-8-20/h3-5,7-8,10-11,13-15,17,23H,6,9,12,16H2,1-2H3/b21-13+/t23-/m1/s1. The van der Waals surface area contributed by atoms with Gasteiger partial charge in [-0.15, -0.1) is 0 Å². The number of aryl methyl sites for hydroxylation is 1. The zero-order valence-corrected chi connectivity index (χ0v) is 17.9. The molecular weight excluding hydrogens is 388 g/mol. The van der Waals surface area contributed by atoms with Crippen LogP contribution in [0.1, 0.15) is 35.7 Å². The Kier molecular flexibility index (Phi) is 5.20. The second kappa shape index (κ2) is 8.30. The van der Waals surface area contributed by atoms with Gasteiger partial charge in [-0.05, 0) is 54.7 Å². The highest BCUT2D eigenvalue weighted by Gasteiger charge is 2.32. The molecule has 31 heavy (non-hydrogen) atoms. The first kappa shape index (κ1) is 19.4. The van der Waals surface area contributed by atoms with E-state index >= 15 is 0 Å². The third kappa shape index (κ3) is 3.81. The minimum Gasteiger partial charge on any atom is -0.495 e. The molecule has 1 aromatic heterocycles. The number of fused-ring (bicyclic) bond motifs is 1. The molecule has 3 heterocycles. The van der Waals surface area contributed by atoms with Gasteiger partial charge in [-0.2, -0.15) is 0 Å². The van der Waals surface area contributed by atoms with Gasteiger partial charge in [0.05, 0.1) is 30.9 Å². The summed E-state index contributed by atoms with van der Waals surface area (Å²) >= 11 is 0. The van der Waals surface area contributed by atoms with Gasteiger partial charge < -0.3 is 19.0 Å². The number of oxime groups is 1. The maximum Gasteiger partial charge on any atom is 0.172 e. The number of hydrogen-bond donors (Lipinski definition) is 0. The molecule has 2 aliphatic heterocycles. The summed E-state index contributed by atoms with van der Waals surface area (Å²) in [4.78, 5) is 12.4. The number of benzene rings is 2. The van der Waals surface area contributed by atoms with Crippen molar-refractivity contribution in [2.75, 3.05) is 20.3 Å². The molecule has 1 atom stereocenters. The van der Waals surface area contributed by atoms with E-state index in [9.17, 15) is 0 Å². The van der Waals surface area contributed by atoms with Crippen LogP contribution in [-0.4, -0.2) is 40.5 Å². The lowest BCUT2D eigenvalue weighted by atomic mass is 9.96. The predicted octanol–water partition coefficient (Wildman–Crippen LogP) is 4.75. The van der Waals surface area contributed by atoms with Crippen molar-refractivity contribution < 1.29 is 9.57 Å². The zero-order valence-electron chi connectivity index (χ0n) is 17.9. The van der Waals surface area contributed by atoms with E-state index in [0.29, 0.717) is 6.61 Å². The summed E-state index contributed by atoms with van der Waals surface area (Å²) in [6.07, 6.45) is 8.07. The molecule has 1 saturated heterocycles. The lowest BCUT2D eigenvalue weighted by molar-refractivity contribution is 0.0575. The highest BCUT2D eigenvalue weighted by Crippen LogP contribution is 2.33. The normalized spacial score (nSPS) is 19.5. The molecule has 0 spiro atoms. The Morgan fingerprint density at radius 1 is 1.16 bits per heavy atom. The maximum absolute atomic E-state index is 5.68. The molecule has 0 unspecified atom stereocenters. The first-order chi connectivity index (χ1) is 15.2. The van der Waals surface area contributed by atoms with E-state index in [1.54, 1.807) is 7.11 Å². The second-order valence-electron chi connectivity index (χ2n) is 7.96. The quantitative estimate of drug-likeness (QED) is 0.618. The minimum atomic E-state index is 0.193. The fourth-order valence-corrected chi connectivity index (χ4v) is 4.36. The molecule has 0 amide bonds. The fourth-order valence-electron chi connectivity index (χ4n) is 4.36. The van der Waals surface area contributed by atoms with Crippen LogP contribution < -0.4 is 4.74 Å². The van der Waals surface area contributed by atoms with Crippen LogP contribution in [0.4, 0.5) is 0 Å². The van der Waals surface area contributed by atoms with Crippen molar-refractivity contribution in [2.45, 2.75) is 25.8 Å². The van der Waals surface area contributed by atoms with Crippen molar-refractivity contribution in [3.05, 3.63) is 83.4 Å². The molecule has 3 aromatic rings. The molecule has 0 saturated carbocycles. The van der Waals surface area contributed by atoms with Gasteiger partial charge in [0.15, 0.2) is 5.84 Å². The van der Waals surface area contributed by atoms with Gasteiger partial charge >= 0.3 is 0 Å². The average molecular weight is 415 g/mol. The Morgan fingerprint density at radius 2 is 2.03 bits per heavy atom. The predicted molar refractivity (Wildman–Crippen MR) is 121 cm³/mol. The van der Waals surface area contributed by atoms with E-state index < -0.39 is 0 Å². The summed E-state index contributed by atoms with van der Waals surface area (Å²) in [5.41, 5.74) is 5.48. The Labute approximate surface area is 182 Å². The van der Waals surface area contributed by atoms with Crippen LogP contribution in [0.25, 0.3) is 11.8 Å². The molecule has 0 radical (unpaired) electrons. The van der Waals surface area contributed by atoms with Gasteiger partial charge in [-0.1, -0.05) is 41.6 Å². The first-order valence-electron chi connectivity index (χ1n) is 10.6. The summed E-state index contributed by atoms with van der Waals surface area (Å²) in [6.45, 7) is 3.54. The lowest BCUT2D eigenvalue weighted by Gasteiger charge is -2.40. The van der Waals surface area contributed by atoms with Crippen LogP contribution in [0.3, 0.4) is 0 Å². The molecule has 5 rings (SSSR count). The molecule has 1 fully saturated rings. The SMILES string of the molecule is COc1cc(/C=C2\CCCN3C2=NOC[C@@H]3c2ccccc2)ccc1-n1cnc(C)c1. The second-order valence-corrected chi connectivity index (χ2v) is 7.96. The van der Waals surface area contributed by atoms with E-state index in [2.05, 4.69) is 63.6 Å². The summed E-state index contributed by atoms with van der Waals surface area (Å²) < 4.78 is 7.66. The van der Waals surface area contributed by atoms with Crippen molar-refractivity contribution in [3.8, 4) is 11.4 Å². The Bertz CT molecular complexity index is 1130. The Hall–Kier alpha value is -3.54. The van der Waals surface area contributed by atoms with Crippen LogP contribution >= 0.6 is 0 Å². The fraction of sp³-hybridized carbons (Fsp3) is 0.280. The van der Waals surface area contributed by atoms with Crippen LogP contribution in [0, 0.1) is 6.92 Å². The molecule has 158 valence electrons. The zero-order chi connectivity index (χ0) is 21.2. The number of hydrogen-bond acceptors (Lipinski definition) is 5. The molecule has 0 aliphatic carbocycles. The summed E-state index contributed by atoms with van der Waals surface area (Å²) in [5, 5.41) is 4.45. The summed E-state index contributed by atoms with van der Waals surface area (Å²) in [6, 6.07) is 17.0. The van der Waals surface area contributed by atoms with Crippen LogP contribution in [0.2, 0.25) is 0 Å². The molecule has 6 nitrogen and oxygen atoms in total. The molecule has 0 N–H and O–H groups in total. The molecule has 0 bridgehead atoms. The van der Waals surface area contributed by atoms with E-state index in [4.69, 9.17) is 9.57 Å². The maximum atomic E-state index is 5.68. The van der Waals surface area contributed by atoms with Crippen LogP contribution in [0.5, 0.6) is 5.75 Å². The topological polar surface area (TPSA) is 51.9 Å². The van der Waals surface area contributed by atoms with Crippen molar-refractivity contribution in [2.24, 2.45) is 5.16 Å². The third-order valence-electron chi connectivity index (χ3n) is 5.88. The van der Waals surface area contributed by atoms with E-state index in [1.807, 2.05) is 30.1 Å². The summed E-state index contributed by atoms with van der Waals surface area (Å²) in [7, 11) is 1.70. The number of piperidine rings is 1. The average Bonchev–Trinajstić information content (AvgIpc) is 3.25. The van der Waals surface area contributed by atoms with E-state index in [-0.39, 0.29) is 6.04 Å². The highest BCUT2D eigenvalue weighted by atomic mass is 16.6. The Balaban J connectivity index is 1.46. The molecule has 2 aliphatic rings. The number of nitrogens with zero attached hydrogens (tertiary/aromatic N) is 4. The lowest BCUT2D eigenvalue weighted by Crippen LogP contribution is -2.44. The van der Waals surface area contributed by atoms with Crippen LogP contribution in [-0.2, 0) is 4.84 Å². The first-order valence-corrected chi connectivity index (χ1v) is 10.6. The highest BCUT2D eigenvalue weighted by molar-refractivity contribution is 6.03. The van der Waals surface area contributed by atoms with Gasteiger partial charge in [0.1, 0.15) is 12.4 Å². The van der Waals surface area contributed by atoms with Crippen molar-refractivity contribution in [1.82, 2.24) is 14.5 Å². The van der Waals surface area contributed by atoms with Gasteiger partial charge in [0, 0.05) is 12.7 Å². The monoisotopic (exact) mass is 414 g/mol. The van der Waals surface area contributed by atoms with Crippen molar-refractivity contribution >= 4 is 11.9 Å². The number of rotatable bonds is 4. The number of amidine groups is 1. The van der Waals surface area contributed by atoms with E-state index in [0.717, 1.165) is 47.9 Å². The molecule has 6 heteroatoms. The van der Waals surface area contributed by atoms with Crippen LogP contribution in [0.15, 0.2) is 71.8 Å². The number of methoxy groups -OCH3 is 1. The third-order valence-corrected chi connectivity index (χ3v) is 5.88. The largest absolute Gasteiger partial charge is 0.495 e. The van der Waals surface area contributed by atoms with E-state index in [1.165, 1.54) is 11.1 Å². The number of aromatic nitrogens is 2. The van der Waals surface area contributed by atoms with Gasteiger partial charge in [-0.25, -0.2) is 4.98 Å². The molecule has 2 aromatic carbocycles. The van der Waals surface area contributed by atoms with Crippen molar-refractivity contribution in [3.63, 3.8) is 0 Å². The molecular formula is C25H26N4O2. The van der Waals surface area contributed by atoms with Gasteiger partial charge in [0.25, 0.3) is 0 Å². The van der Waals surface area contributed by atoms with Crippen molar-refractivity contribution in [1.29, 1.82) is 0 Å².